The molecule has 3 rings (SSSR count). The van der Waals surface area contributed by atoms with Crippen LogP contribution in [0.15, 0.2) is 40.4 Å². The van der Waals surface area contributed by atoms with Gasteiger partial charge < -0.3 is 0 Å². The molecule has 0 aliphatic rings. The van der Waals surface area contributed by atoms with Crippen molar-refractivity contribution < 1.29 is 0 Å². The van der Waals surface area contributed by atoms with E-state index >= 15 is 0 Å². The van der Waals surface area contributed by atoms with Crippen molar-refractivity contribution in [3.05, 3.63) is 45.8 Å². The van der Waals surface area contributed by atoms with E-state index in [2.05, 4.69) is 45.8 Å². The van der Waals surface area contributed by atoms with Gasteiger partial charge in [-0.25, -0.2) is 0 Å². The van der Waals surface area contributed by atoms with Crippen molar-refractivity contribution in [3.8, 4) is 20.9 Å². The Morgan fingerprint density at radius 1 is 0.933 bits per heavy atom. The van der Waals surface area contributed by atoms with Crippen LogP contribution < -0.4 is 0 Å². The average molecular weight is 247 g/mol. The van der Waals surface area contributed by atoms with Crippen LogP contribution in [-0.2, 0) is 0 Å². The molecule has 0 saturated carbocycles. The van der Waals surface area contributed by atoms with Gasteiger partial charge in [-0.05, 0) is 22.9 Å². The van der Waals surface area contributed by atoms with Gasteiger partial charge in [0.25, 0.3) is 0 Å². The third-order valence-electron chi connectivity index (χ3n) is 2.16. The molecular weight excluding hydrogens is 240 g/mol. The molecule has 0 atom stereocenters. The number of hydrogen-bond acceptors (Lipinski definition) is 3. The average Bonchev–Trinajstić information content (AvgIpc) is 3.01. The lowest BCUT2D eigenvalue weighted by Crippen LogP contribution is -1.71. The minimum Gasteiger partial charge on any atom is -0.144 e. The van der Waals surface area contributed by atoms with E-state index in [-0.39, 0.29) is 0 Å². The molecule has 3 aromatic heterocycles. The standard InChI is InChI=1S/C12H7S3/c1-3-11(14-5-1)9-7-13-8-10(9)12-4-2-6-15-12/h1-7H. The van der Waals surface area contributed by atoms with Crippen LogP contribution in [0.3, 0.4) is 0 Å². The number of hydrogen-bond donors (Lipinski definition) is 0. The van der Waals surface area contributed by atoms with Crippen LogP contribution in [-0.4, -0.2) is 0 Å². The fraction of sp³-hybridized carbons (Fsp3) is 0. The molecule has 0 aliphatic carbocycles. The Balaban J connectivity index is 2.15. The van der Waals surface area contributed by atoms with Crippen LogP contribution in [0.4, 0.5) is 0 Å². The van der Waals surface area contributed by atoms with Gasteiger partial charge in [-0.3, -0.25) is 0 Å². The summed E-state index contributed by atoms with van der Waals surface area (Å²) in [7, 11) is 0. The first-order valence-electron chi connectivity index (χ1n) is 4.52. The molecule has 3 aromatic rings. The predicted octanol–water partition coefficient (Wildman–Crippen LogP) is 5.01. The summed E-state index contributed by atoms with van der Waals surface area (Å²) in [4.78, 5) is 2.63. The van der Waals surface area contributed by atoms with Gasteiger partial charge in [0.15, 0.2) is 0 Å². The minimum atomic E-state index is 1.25. The summed E-state index contributed by atoms with van der Waals surface area (Å²) >= 11 is 5.21. The second kappa shape index (κ2) is 3.93. The first-order valence-corrected chi connectivity index (χ1v) is 7.16. The van der Waals surface area contributed by atoms with Crippen LogP contribution in [0.2, 0.25) is 0 Å². The van der Waals surface area contributed by atoms with E-state index in [9.17, 15) is 0 Å². The topological polar surface area (TPSA) is 0 Å². The first-order chi connectivity index (χ1) is 7.45. The van der Waals surface area contributed by atoms with Crippen LogP contribution in [0.5, 0.6) is 0 Å². The van der Waals surface area contributed by atoms with E-state index in [4.69, 9.17) is 0 Å². The molecule has 0 fully saturated rings. The smallest absolute Gasteiger partial charge is 0.0542 e. The Kier molecular flexibility index (Phi) is 2.44. The lowest BCUT2D eigenvalue weighted by molar-refractivity contribution is 1.84. The molecule has 0 bridgehead atoms. The summed E-state index contributed by atoms with van der Waals surface area (Å²) in [5.74, 6) is 0. The Morgan fingerprint density at radius 2 is 1.67 bits per heavy atom. The summed E-state index contributed by atoms with van der Waals surface area (Å²) < 4.78 is 0. The van der Waals surface area contributed by atoms with Gasteiger partial charge in [0.2, 0.25) is 0 Å². The summed E-state index contributed by atoms with van der Waals surface area (Å²) in [5.41, 5.74) is 2.56. The van der Waals surface area contributed by atoms with E-state index in [1.165, 1.54) is 20.9 Å². The molecular formula is C12H7S3. The van der Waals surface area contributed by atoms with E-state index in [1.54, 1.807) is 34.0 Å². The zero-order chi connectivity index (χ0) is 10.1. The maximum atomic E-state index is 3.36. The Bertz CT molecular complexity index is 480. The van der Waals surface area contributed by atoms with Crippen molar-refractivity contribution >= 4 is 34.0 Å². The molecule has 0 aliphatic heterocycles. The zero-order valence-corrected chi connectivity index (χ0v) is 10.2. The molecule has 0 unspecified atom stereocenters. The number of rotatable bonds is 2. The molecule has 73 valence electrons. The molecule has 0 saturated heterocycles. The van der Waals surface area contributed by atoms with E-state index in [1.807, 2.05) is 0 Å². The zero-order valence-electron chi connectivity index (χ0n) is 7.77. The molecule has 0 aromatic carbocycles. The fourth-order valence-electron chi connectivity index (χ4n) is 1.48. The Morgan fingerprint density at radius 3 is 2.33 bits per heavy atom. The maximum Gasteiger partial charge on any atom is 0.0542 e. The van der Waals surface area contributed by atoms with Gasteiger partial charge in [0.1, 0.15) is 0 Å². The normalized spacial score (nSPS) is 10.7. The monoisotopic (exact) mass is 247 g/mol. The lowest BCUT2D eigenvalue weighted by atomic mass is 10.1. The van der Waals surface area contributed by atoms with Crippen LogP contribution >= 0.6 is 34.0 Å². The van der Waals surface area contributed by atoms with E-state index < -0.39 is 0 Å². The number of thiophene rings is 3. The van der Waals surface area contributed by atoms with Crippen LogP contribution in [0, 0.1) is 5.38 Å². The van der Waals surface area contributed by atoms with E-state index in [0.717, 1.165) is 0 Å². The van der Waals surface area contributed by atoms with Gasteiger partial charge in [-0.1, -0.05) is 12.1 Å². The van der Waals surface area contributed by atoms with Crippen molar-refractivity contribution in [2.24, 2.45) is 0 Å². The molecule has 15 heavy (non-hydrogen) atoms. The highest BCUT2D eigenvalue weighted by atomic mass is 32.1. The van der Waals surface area contributed by atoms with Crippen molar-refractivity contribution in [2.75, 3.05) is 0 Å². The lowest BCUT2D eigenvalue weighted by Gasteiger charge is -1.97. The Hall–Kier alpha value is -0.900. The van der Waals surface area contributed by atoms with Crippen LogP contribution in [0.1, 0.15) is 0 Å². The highest BCUT2D eigenvalue weighted by Gasteiger charge is 2.10. The van der Waals surface area contributed by atoms with Crippen molar-refractivity contribution in [1.82, 2.24) is 0 Å². The molecule has 0 N–H and O–H groups in total. The Labute approximate surface area is 100 Å². The van der Waals surface area contributed by atoms with Gasteiger partial charge in [0.05, 0.1) is 5.38 Å². The second-order valence-corrected chi connectivity index (χ2v) is 5.65. The fourth-order valence-corrected chi connectivity index (χ4v) is 3.87. The summed E-state index contributed by atoms with van der Waals surface area (Å²) in [5, 5.41) is 9.76. The molecule has 3 heteroatoms. The largest absolute Gasteiger partial charge is 0.144 e. The maximum absolute atomic E-state index is 3.36. The summed E-state index contributed by atoms with van der Waals surface area (Å²) in [6, 6.07) is 8.50. The highest BCUT2D eigenvalue weighted by Crippen LogP contribution is 2.38. The SMILES string of the molecule is [c]1scc(-c2cccs2)c1-c1cccs1. The third kappa shape index (κ3) is 1.67. The van der Waals surface area contributed by atoms with Gasteiger partial charge in [0, 0.05) is 26.3 Å². The summed E-state index contributed by atoms with van der Waals surface area (Å²) in [6.07, 6.45) is 0. The molecule has 0 amide bonds. The highest BCUT2D eigenvalue weighted by molar-refractivity contribution is 7.16. The van der Waals surface area contributed by atoms with Gasteiger partial charge in [-0.15, -0.1) is 34.0 Å². The molecule has 1 radical (unpaired) electrons. The first kappa shape index (κ1) is 9.33. The third-order valence-corrected chi connectivity index (χ3v) is 4.63. The quantitative estimate of drug-likeness (QED) is 0.597. The second-order valence-electron chi connectivity index (χ2n) is 3.08. The molecule has 0 spiro atoms. The minimum absolute atomic E-state index is 1.25. The van der Waals surface area contributed by atoms with Crippen molar-refractivity contribution in [3.63, 3.8) is 0 Å². The van der Waals surface area contributed by atoms with Crippen molar-refractivity contribution in [2.45, 2.75) is 0 Å². The molecule has 3 heterocycles. The summed E-state index contributed by atoms with van der Waals surface area (Å²) in [6.45, 7) is 0. The van der Waals surface area contributed by atoms with Gasteiger partial charge >= 0.3 is 0 Å². The van der Waals surface area contributed by atoms with E-state index in [0.29, 0.717) is 0 Å². The van der Waals surface area contributed by atoms with Crippen LogP contribution in [0.25, 0.3) is 20.9 Å². The van der Waals surface area contributed by atoms with Gasteiger partial charge in [-0.2, -0.15) is 0 Å². The molecule has 0 nitrogen and oxygen atoms in total. The predicted molar refractivity (Wildman–Crippen MR) is 69.8 cm³/mol. The van der Waals surface area contributed by atoms with Crippen molar-refractivity contribution in [1.29, 1.82) is 0 Å².